The number of aromatic nitrogens is 1. The molecule has 3 heterocycles. The van der Waals surface area contributed by atoms with E-state index >= 15 is 4.39 Å². The van der Waals surface area contributed by atoms with Crippen molar-refractivity contribution in [3.05, 3.63) is 64.8 Å². The lowest BCUT2D eigenvalue weighted by Gasteiger charge is -2.43. The van der Waals surface area contributed by atoms with Gasteiger partial charge in [-0.1, -0.05) is 37.6 Å². The summed E-state index contributed by atoms with van der Waals surface area (Å²) in [7, 11) is 0. The van der Waals surface area contributed by atoms with E-state index in [1.165, 1.54) is 47.2 Å². The van der Waals surface area contributed by atoms with Gasteiger partial charge < -0.3 is 9.72 Å². The van der Waals surface area contributed by atoms with Gasteiger partial charge in [0.2, 0.25) is 0 Å². The zero-order valence-electron chi connectivity index (χ0n) is 21.9. The van der Waals surface area contributed by atoms with Crippen molar-refractivity contribution in [2.24, 2.45) is 0 Å². The second-order valence-corrected chi connectivity index (χ2v) is 11.3. The highest BCUT2D eigenvalue weighted by Gasteiger charge is 2.39. The van der Waals surface area contributed by atoms with E-state index in [9.17, 15) is 0 Å². The largest absolute Gasteiger partial charge is 0.488 e. The van der Waals surface area contributed by atoms with E-state index in [-0.39, 0.29) is 18.2 Å². The van der Waals surface area contributed by atoms with Gasteiger partial charge in [-0.05, 0) is 82.0 Å². The molecule has 5 rings (SSSR count). The predicted octanol–water partition coefficient (Wildman–Crippen LogP) is 6.42. The molecule has 4 nitrogen and oxygen atoms in total. The topological polar surface area (TPSA) is 31.5 Å². The first kappa shape index (κ1) is 24.3. The number of aryl methyl sites for hydroxylation is 1. The van der Waals surface area contributed by atoms with Gasteiger partial charge in [0.25, 0.3) is 0 Å². The number of hydrogen-bond donors (Lipinski definition) is 1. The van der Waals surface area contributed by atoms with Crippen molar-refractivity contribution in [1.29, 1.82) is 0 Å². The molecular formula is C30H40FN3O. The number of ether oxygens (including phenoxy) is 1. The van der Waals surface area contributed by atoms with E-state index in [2.05, 4.69) is 78.0 Å². The Bertz CT molecular complexity index is 1170. The Morgan fingerprint density at radius 2 is 1.91 bits per heavy atom. The maximum absolute atomic E-state index is 15.0. The SMILES string of the molecule is CCCCN1CC(Oc2ccc([C@@H]3c4[nH]c5ccccc5c4C[C@@H](C)N3CC(C)(C)F)c(C)c2)C1. The van der Waals surface area contributed by atoms with Gasteiger partial charge in [0.05, 0.1) is 6.04 Å². The van der Waals surface area contributed by atoms with Crippen molar-refractivity contribution in [3.8, 4) is 5.75 Å². The van der Waals surface area contributed by atoms with E-state index in [1.807, 2.05) is 0 Å². The summed E-state index contributed by atoms with van der Waals surface area (Å²) < 4.78 is 21.3. The summed E-state index contributed by atoms with van der Waals surface area (Å²) in [5.41, 5.74) is 4.87. The molecule has 1 fully saturated rings. The van der Waals surface area contributed by atoms with Crippen LogP contribution < -0.4 is 4.74 Å². The molecule has 0 unspecified atom stereocenters. The highest BCUT2D eigenvalue weighted by Crippen LogP contribution is 2.43. The Kier molecular flexibility index (Phi) is 6.67. The minimum Gasteiger partial charge on any atom is -0.488 e. The first-order valence-electron chi connectivity index (χ1n) is 13.3. The van der Waals surface area contributed by atoms with Crippen molar-refractivity contribution in [3.63, 3.8) is 0 Å². The van der Waals surface area contributed by atoms with Crippen LogP contribution in [0, 0.1) is 6.92 Å². The summed E-state index contributed by atoms with van der Waals surface area (Å²) in [4.78, 5) is 8.52. The maximum atomic E-state index is 15.0. The number of nitrogens with zero attached hydrogens (tertiary/aromatic N) is 2. The lowest BCUT2D eigenvalue weighted by molar-refractivity contribution is 0.0192. The molecule has 35 heavy (non-hydrogen) atoms. The lowest BCUT2D eigenvalue weighted by atomic mass is 9.86. The zero-order chi connectivity index (χ0) is 24.7. The number of para-hydroxylation sites is 1. The van der Waals surface area contributed by atoms with Crippen LogP contribution in [0.2, 0.25) is 0 Å². The van der Waals surface area contributed by atoms with Gasteiger partial charge in [-0.2, -0.15) is 0 Å². The monoisotopic (exact) mass is 477 g/mol. The molecule has 0 bridgehead atoms. The van der Waals surface area contributed by atoms with Gasteiger partial charge in [-0.15, -0.1) is 0 Å². The van der Waals surface area contributed by atoms with Crippen molar-refractivity contribution in [1.82, 2.24) is 14.8 Å². The van der Waals surface area contributed by atoms with Crippen LogP contribution in [0.5, 0.6) is 5.75 Å². The lowest BCUT2D eigenvalue weighted by Crippen LogP contribution is -2.53. The van der Waals surface area contributed by atoms with Gasteiger partial charge >= 0.3 is 0 Å². The number of aromatic amines is 1. The average Bonchev–Trinajstić information content (AvgIpc) is 3.13. The smallest absolute Gasteiger partial charge is 0.124 e. The summed E-state index contributed by atoms with van der Waals surface area (Å²) in [5.74, 6) is 0.935. The van der Waals surface area contributed by atoms with Crippen LogP contribution in [0.3, 0.4) is 0 Å². The number of likely N-dealkylation sites (tertiary alicyclic amines) is 1. The molecule has 0 saturated carbocycles. The number of unbranched alkanes of at least 4 members (excludes halogenated alkanes) is 1. The number of nitrogens with one attached hydrogen (secondary N) is 1. The molecule has 0 radical (unpaired) electrons. The van der Waals surface area contributed by atoms with Crippen LogP contribution in [0.15, 0.2) is 42.5 Å². The molecular weight excluding hydrogens is 437 g/mol. The number of benzene rings is 2. The molecule has 0 spiro atoms. The fourth-order valence-corrected chi connectivity index (χ4v) is 5.90. The Hall–Kier alpha value is -2.37. The summed E-state index contributed by atoms with van der Waals surface area (Å²) >= 11 is 0. The summed E-state index contributed by atoms with van der Waals surface area (Å²) in [6, 6.07) is 15.2. The van der Waals surface area contributed by atoms with Gasteiger partial charge in [-0.3, -0.25) is 9.80 Å². The first-order chi connectivity index (χ1) is 16.7. The van der Waals surface area contributed by atoms with Gasteiger partial charge in [0.1, 0.15) is 17.5 Å². The highest BCUT2D eigenvalue weighted by molar-refractivity contribution is 5.85. The van der Waals surface area contributed by atoms with E-state index in [4.69, 9.17) is 4.74 Å². The maximum Gasteiger partial charge on any atom is 0.124 e. The van der Waals surface area contributed by atoms with Crippen LogP contribution in [0.4, 0.5) is 4.39 Å². The highest BCUT2D eigenvalue weighted by atomic mass is 19.1. The Balaban J connectivity index is 1.45. The second-order valence-electron chi connectivity index (χ2n) is 11.3. The third-order valence-corrected chi connectivity index (χ3v) is 7.67. The molecule has 188 valence electrons. The molecule has 2 aliphatic heterocycles. The van der Waals surface area contributed by atoms with Gasteiger partial charge in [0.15, 0.2) is 0 Å². The van der Waals surface area contributed by atoms with Crippen molar-refractivity contribution >= 4 is 10.9 Å². The summed E-state index contributed by atoms with van der Waals surface area (Å²) in [6.07, 6.45) is 3.68. The van der Waals surface area contributed by atoms with Crippen LogP contribution in [-0.2, 0) is 6.42 Å². The third-order valence-electron chi connectivity index (χ3n) is 7.67. The minimum absolute atomic E-state index is 0.0153. The van der Waals surface area contributed by atoms with Crippen molar-refractivity contribution in [2.75, 3.05) is 26.2 Å². The van der Waals surface area contributed by atoms with E-state index in [1.54, 1.807) is 13.8 Å². The molecule has 3 aromatic rings. The normalized spacial score (nSPS) is 21.8. The molecule has 1 N–H and O–H groups in total. The molecule has 5 heteroatoms. The molecule has 2 aliphatic rings. The number of H-pyrrole nitrogens is 1. The number of alkyl halides is 1. The molecule has 1 aromatic heterocycles. The van der Waals surface area contributed by atoms with E-state index < -0.39 is 5.67 Å². The quantitative estimate of drug-likeness (QED) is 0.406. The molecule has 0 amide bonds. The van der Waals surface area contributed by atoms with Crippen LogP contribution in [0.25, 0.3) is 10.9 Å². The standard InChI is InChI=1S/C30H40FN3O/c1-6-7-14-33-17-23(18-33)35-22-12-13-24(20(2)15-22)29-28-26(25-10-8-9-11-27(25)32-28)16-21(3)34(29)19-30(4,5)31/h8-13,15,21,23,29,32H,6-7,14,16-19H2,1-5H3/t21-,29-/m1/s1. The van der Waals surface area contributed by atoms with Gasteiger partial charge in [-0.25, -0.2) is 4.39 Å². The van der Waals surface area contributed by atoms with Crippen LogP contribution in [0.1, 0.15) is 69.0 Å². The van der Waals surface area contributed by atoms with E-state index in [0.717, 1.165) is 30.8 Å². The first-order valence-corrected chi connectivity index (χ1v) is 13.3. The number of halogens is 1. The molecule has 1 saturated heterocycles. The number of hydrogen-bond acceptors (Lipinski definition) is 3. The number of rotatable bonds is 8. The zero-order valence-corrected chi connectivity index (χ0v) is 21.9. The second kappa shape index (κ2) is 9.59. The Morgan fingerprint density at radius 1 is 1.14 bits per heavy atom. The molecule has 2 atom stereocenters. The summed E-state index contributed by atoms with van der Waals surface area (Å²) in [6.45, 7) is 13.6. The fraction of sp³-hybridized carbons (Fsp3) is 0.533. The van der Waals surface area contributed by atoms with Gasteiger partial charge in [0, 0.05) is 42.3 Å². The Labute approximate surface area is 209 Å². The Morgan fingerprint density at radius 3 is 2.63 bits per heavy atom. The molecule has 2 aromatic carbocycles. The summed E-state index contributed by atoms with van der Waals surface area (Å²) in [5, 5.41) is 1.29. The third kappa shape index (κ3) is 4.99. The van der Waals surface area contributed by atoms with Crippen molar-refractivity contribution in [2.45, 2.75) is 77.7 Å². The number of fused-ring (bicyclic) bond motifs is 3. The minimum atomic E-state index is -1.28. The van der Waals surface area contributed by atoms with Crippen LogP contribution >= 0.6 is 0 Å². The fourth-order valence-electron chi connectivity index (χ4n) is 5.90. The molecule has 0 aliphatic carbocycles. The van der Waals surface area contributed by atoms with E-state index in [0.29, 0.717) is 6.54 Å². The average molecular weight is 478 g/mol. The van der Waals surface area contributed by atoms with Crippen LogP contribution in [-0.4, -0.2) is 58.8 Å². The predicted molar refractivity (Wildman–Crippen MR) is 142 cm³/mol. The van der Waals surface area contributed by atoms with Crippen molar-refractivity contribution < 1.29 is 9.13 Å².